The fraction of sp³-hybridized carbons (Fsp3) is 0.222. The maximum Gasteiger partial charge on any atom is 0.260 e. The Hall–Kier alpha value is -2.09. The number of hydrazone groups is 1. The number of nitrogens with zero attached hydrogens (tertiary/aromatic N) is 2. The lowest BCUT2D eigenvalue weighted by Gasteiger charge is -2.21. The molecule has 0 atom stereocenters. The molecule has 0 spiro atoms. The molecule has 2 aromatic carbocycles. The van der Waals surface area contributed by atoms with E-state index in [0.717, 1.165) is 22.5 Å². The first-order chi connectivity index (χ1) is 12.7. The molecular weight excluding hydrogens is 409 g/mol. The van der Waals surface area contributed by atoms with Gasteiger partial charge < -0.3 is 0 Å². The number of sulfonamides is 1. The summed E-state index contributed by atoms with van der Waals surface area (Å²) in [5.74, 6) is -0.573. The van der Waals surface area contributed by atoms with E-state index in [0.29, 0.717) is 21.3 Å². The third-order valence-electron chi connectivity index (χ3n) is 3.67. The van der Waals surface area contributed by atoms with Crippen LogP contribution in [0.25, 0.3) is 0 Å². The van der Waals surface area contributed by atoms with E-state index in [1.54, 1.807) is 30.3 Å². The summed E-state index contributed by atoms with van der Waals surface area (Å²) in [5, 5.41) is 4.60. The summed E-state index contributed by atoms with van der Waals surface area (Å²) in [4.78, 5) is 12.1. The largest absolute Gasteiger partial charge is 0.271 e. The number of amides is 1. The fourth-order valence-electron chi connectivity index (χ4n) is 2.24. The minimum atomic E-state index is -3.63. The lowest BCUT2D eigenvalue weighted by atomic mass is 10.1. The van der Waals surface area contributed by atoms with Gasteiger partial charge in [0.1, 0.15) is 6.54 Å². The highest BCUT2D eigenvalue weighted by atomic mass is 35.5. The van der Waals surface area contributed by atoms with Crippen molar-refractivity contribution < 1.29 is 13.2 Å². The second-order valence-corrected chi connectivity index (χ2v) is 8.48. The molecule has 1 amide bonds. The number of hydrogen-bond acceptors (Lipinski definition) is 4. The molecule has 0 bridgehead atoms. The third-order valence-corrected chi connectivity index (χ3v) is 5.55. The van der Waals surface area contributed by atoms with Gasteiger partial charge in [-0.15, -0.1) is 0 Å². The highest BCUT2D eigenvalue weighted by molar-refractivity contribution is 7.92. The smallest absolute Gasteiger partial charge is 0.260 e. The van der Waals surface area contributed by atoms with Crippen molar-refractivity contribution >= 4 is 51.0 Å². The van der Waals surface area contributed by atoms with E-state index in [1.807, 2.05) is 19.1 Å². The zero-order valence-electron chi connectivity index (χ0n) is 14.8. The highest BCUT2D eigenvalue weighted by Crippen LogP contribution is 2.22. The summed E-state index contributed by atoms with van der Waals surface area (Å²) < 4.78 is 25.2. The van der Waals surface area contributed by atoms with Gasteiger partial charge in [-0.3, -0.25) is 9.10 Å². The third kappa shape index (κ3) is 6.23. The van der Waals surface area contributed by atoms with E-state index in [2.05, 4.69) is 10.5 Å². The van der Waals surface area contributed by atoms with Crippen molar-refractivity contribution in [2.24, 2.45) is 5.10 Å². The van der Waals surface area contributed by atoms with Gasteiger partial charge in [-0.25, -0.2) is 13.8 Å². The van der Waals surface area contributed by atoms with Crippen molar-refractivity contribution in [3.8, 4) is 0 Å². The zero-order valence-corrected chi connectivity index (χ0v) is 17.1. The normalized spacial score (nSPS) is 11.6. The van der Waals surface area contributed by atoms with Gasteiger partial charge in [-0.2, -0.15) is 5.10 Å². The Bertz CT molecular complexity index is 945. The van der Waals surface area contributed by atoms with Crippen LogP contribution in [-0.4, -0.2) is 33.3 Å². The molecule has 0 aliphatic heterocycles. The second-order valence-electron chi connectivity index (χ2n) is 5.76. The number of carbonyl (C=O) groups is 1. The number of hydrogen-bond donors (Lipinski definition) is 1. The first-order valence-corrected chi connectivity index (χ1v) is 10.6. The molecule has 0 aromatic heterocycles. The molecule has 2 aromatic rings. The summed E-state index contributed by atoms with van der Waals surface area (Å²) in [6.07, 6.45) is 3.27. The number of anilines is 1. The molecule has 0 unspecified atom stereocenters. The summed E-state index contributed by atoms with van der Waals surface area (Å²) >= 11 is 11.7. The van der Waals surface area contributed by atoms with Crippen molar-refractivity contribution in [2.75, 3.05) is 17.1 Å². The maximum absolute atomic E-state index is 12.1. The first kappa shape index (κ1) is 21.2. The minimum absolute atomic E-state index is 0.366. The lowest BCUT2D eigenvalue weighted by molar-refractivity contribution is -0.119. The molecule has 27 heavy (non-hydrogen) atoms. The summed E-state index contributed by atoms with van der Waals surface area (Å²) in [6.45, 7) is 1.62. The molecule has 144 valence electrons. The number of aryl methyl sites for hydroxylation is 1. The average molecular weight is 428 g/mol. The van der Waals surface area contributed by atoms with Gasteiger partial charge in [0.25, 0.3) is 5.91 Å². The van der Waals surface area contributed by atoms with Crippen molar-refractivity contribution in [3.63, 3.8) is 0 Å². The molecule has 0 aliphatic carbocycles. The van der Waals surface area contributed by atoms with E-state index in [4.69, 9.17) is 23.2 Å². The minimum Gasteiger partial charge on any atom is -0.271 e. The fourth-order valence-corrected chi connectivity index (χ4v) is 3.40. The van der Waals surface area contributed by atoms with Gasteiger partial charge in [0, 0.05) is 0 Å². The van der Waals surface area contributed by atoms with Crippen molar-refractivity contribution in [1.82, 2.24) is 5.43 Å². The highest BCUT2D eigenvalue weighted by Gasteiger charge is 2.20. The Morgan fingerprint density at radius 1 is 1.15 bits per heavy atom. The Kier molecular flexibility index (Phi) is 7.24. The number of halogens is 2. The molecule has 0 saturated carbocycles. The second kappa shape index (κ2) is 9.21. The first-order valence-electron chi connectivity index (χ1n) is 8.04. The van der Waals surface area contributed by atoms with Crippen LogP contribution in [0.2, 0.25) is 10.0 Å². The predicted octanol–water partition coefficient (Wildman–Crippen LogP) is 3.47. The Morgan fingerprint density at radius 2 is 1.81 bits per heavy atom. The van der Waals surface area contributed by atoms with Gasteiger partial charge in [0.05, 0.1) is 28.2 Å². The van der Waals surface area contributed by atoms with Crippen LogP contribution >= 0.6 is 23.2 Å². The van der Waals surface area contributed by atoms with Gasteiger partial charge >= 0.3 is 0 Å². The predicted molar refractivity (Wildman–Crippen MR) is 110 cm³/mol. The van der Waals surface area contributed by atoms with Gasteiger partial charge in [0.2, 0.25) is 10.0 Å². The molecule has 2 rings (SSSR count). The molecule has 9 heteroatoms. The number of rotatable bonds is 7. The van der Waals surface area contributed by atoms with E-state index >= 15 is 0 Å². The number of carbonyl (C=O) groups excluding carboxylic acids is 1. The molecule has 0 fully saturated rings. The summed E-state index contributed by atoms with van der Waals surface area (Å²) in [6, 6.07) is 11.9. The standard InChI is InChI=1S/C18H19Cl2N3O3S/c1-3-13-4-7-15(8-5-13)23(27(2,25)26)12-18(24)22-21-11-14-6-9-16(19)17(20)10-14/h4-11H,3,12H2,1-2H3,(H,22,24)/b21-11-. The molecule has 0 saturated heterocycles. The van der Waals surface area contributed by atoms with Gasteiger partial charge in [-0.05, 0) is 41.8 Å². The van der Waals surface area contributed by atoms with Crippen LogP contribution in [-0.2, 0) is 21.2 Å². The number of benzene rings is 2. The molecule has 0 heterocycles. The van der Waals surface area contributed by atoms with Crippen LogP contribution in [0.4, 0.5) is 5.69 Å². The molecule has 1 N–H and O–H groups in total. The van der Waals surface area contributed by atoms with Crippen molar-refractivity contribution in [3.05, 3.63) is 63.6 Å². The Labute approximate surface area is 168 Å². The molecular formula is C18H19Cl2N3O3S. The number of nitrogens with one attached hydrogen (secondary N) is 1. The molecule has 6 nitrogen and oxygen atoms in total. The van der Waals surface area contributed by atoms with Crippen molar-refractivity contribution in [2.45, 2.75) is 13.3 Å². The van der Waals surface area contributed by atoms with E-state index in [1.165, 1.54) is 6.21 Å². The summed E-state index contributed by atoms with van der Waals surface area (Å²) in [5.41, 5.74) is 4.43. The van der Waals surface area contributed by atoms with E-state index in [-0.39, 0.29) is 6.54 Å². The van der Waals surface area contributed by atoms with Crippen LogP contribution in [0.3, 0.4) is 0 Å². The van der Waals surface area contributed by atoms with E-state index in [9.17, 15) is 13.2 Å². The monoisotopic (exact) mass is 427 g/mol. The molecule has 0 radical (unpaired) electrons. The Morgan fingerprint density at radius 3 is 2.37 bits per heavy atom. The lowest BCUT2D eigenvalue weighted by Crippen LogP contribution is -2.39. The summed E-state index contributed by atoms with van der Waals surface area (Å²) in [7, 11) is -3.63. The van der Waals surface area contributed by atoms with Crippen LogP contribution in [0.15, 0.2) is 47.6 Å². The van der Waals surface area contributed by atoms with Crippen LogP contribution in [0.1, 0.15) is 18.1 Å². The topological polar surface area (TPSA) is 78.8 Å². The quantitative estimate of drug-likeness (QED) is 0.542. The maximum atomic E-state index is 12.1. The SMILES string of the molecule is CCc1ccc(N(CC(=O)N/N=C\c2ccc(Cl)c(Cl)c2)S(C)(=O)=O)cc1. The van der Waals surface area contributed by atoms with Crippen LogP contribution in [0, 0.1) is 0 Å². The van der Waals surface area contributed by atoms with Crippen LogP contribution in [0.5, 0.6) is 0 Å². The van der Waals surface area contributed by atoms with Crippen molar-refractivity contribution in [1.29, 1.82) is 0 Å². The van der Waals surface area contributed by atoms with Crippen LogP contribution < -0.4 is 9.73 Å². The zero-order chi connectivity index (χ0) is 20.0. The van der Waals surface area contributed by atoms with Gasteiger partial charge in [-0.1, -0.05) is 48.3 Å². The molecule has 0 aliphatic rings. The Balaban J connectivity index is 2.07. The average Bonchev–Trinajstić information content (AvgIpc) is 2.62. The van der Waals surface area contributed by atoms with Gasteiger partial charge in [0.15, 0.2) is 0 Å². The van der Waals surface area contributed by atoms with E-state index < -0.39 is 15.9 Å².